The number of piperazine rings is 1. The van der Waals surface area contributed by atoms with Crippen LogP contribution in [0, 0.1) is 0 Å². The Morgan fingerprint density at radius 3 is 2.12 bits per heavy atom. The molecule has 2 aromatic rings. The van der Waals surface area contributed by atoms with Gasteiger partial charge in [0, 0.05) is 32.7 Å². The van der Waals surface area contributed by atoms with E-state index in [1.807, 2.05) is 41.3 Å². The van der Waals surface area contributed by atoms with Crippen molar-refractivity contribution in [3.63, 3.8) is 0 Å². The first-order chi connectivity index (χ1) is 12.0. The number of hydrogen-bond donors (Lipinski definition) is 1. The minimum atomic E-state index is -1.13. The maximum Gasteiger partial charge on any atom is 0.225 e. The normalized spacial score (nSPS) is 17.9. The molecular weight excluding hydrogens is 312 g/mol. The van der Waals surface area contributed by atoms with Crippen molar-refractivity contribution >= 4 is 5.91 Å². The van der Waals surface area contributed by atoms with Crippen molar-refractivity contribution < 1.29 is 9.90 Å². The maximum atomic E-state index is 12.6. The van der Waals surface area contributed by atoms with Crippen LogP contribution in [0.15, 0.2) is 60.7 Å². The molecule has 0 aliphatic carbocycles. The van der Waals surface area contributed by atoms with Gasteiger partial charge in [0.05, 0.1) is 12.0 Å². The molecular formula is C21H26N2O2. The van der Waals surface area contributed by atoms with Gasteiger partial charge in [-0.25, -0.2) is 0 Å². The van der Waals surface area contributed by atoms with Crippen LogP contribution in [0.4, 0.5) is 0 Å². The van der Waals surface area contributed by atoms with E-state index in [1.54, 1.807) is 6.92 Å². The zero-order valence-electron chi connectivity index (χ0n) is 14.8. The summed E-state index contributed by atoms with van der Waals surface area (Å²) in [5.41, 5.74) is 0.958. The second kappa shape index (κ2) is 7.81. The molecule has 0 aromatic heterocycles. The highest BCUT2D eigenvalue weighted by Crippen LogP contribution is 2.25. The smallest absolute Gasteiger partial charge is 0.225 e. The number of benzene rings is 2. The Balaban J connectivity index is 1.51. The summed E-state index contributed by atoms with van der Waals surface area (Å²) in [7, 11) is 0. The van der Waals surface area contributed by atoms with E-state index in [0.29, 0.717) is 0 Å². The van der Waals surface area contributed by atoms with E-state index in [0.717, 1.165) is 38.3 Å². The molecule has 1 heterocycles. The van der Waals surface area contributed by atoms with E-state index in [-0.39, 0.29) is 12.3 Å². The van der Waals surface area contributed by atoms with E-state index >= 15 is 0 Å². The third-order valence-electron chi connectivity index (χ3n) is 4.87. The number of nitrogens with zero attached hydrogens (tertiary/aromatic N) is 2. The van der Waals surface area contributed by atoms with Crippen molar-refractivity contribution in [2.24, 2.45) is 0 Å². The second-order valence-electron chi connectivity index (χ2n) is 6.96. The number of carbonyl (C=O) groups is 1. The highest BCUT2D eigenvalue weighted by atomic mass is 16.3. The van der Waals surface area contributed by atoms with Crippen molar-refractivity contribution in [1.29, 1.82) is 0 Å². The molecule has 0 radical (unpaired) electrons. The van der Waals surface area contributed by atoms with Crippen LogP contribution in [0.5, 0.6) is 0 Å². The van der Waals surface area contributed by atoms with Crippen LogP contribution in [0.2, 0.25) is 0 Å². The van der Waals surface area contributed by atoms with Crippen LogP contribution in [-0.2, 0) is 16.9 Å². The van der Waals surface area contributed by atoms with Crippen molar-refractivity contribution in [2.75, 3.05) is 26.2 Å². The van der Waals surface area contributed by atoms with Crippen molar-refractivity contribution in [3.05, 3.63) is 71.8 Å². The molecule has 1 aliphatic heterocycles. The Labute approximate surface area is 149 Å². The van der Waals surface area contributed by atoms with Gasteiger partial charge in [-0.15, -0.1) is 0 Å². The highest BCUT2D eigenvalue weighted by Gasteiger charge is 2.30. The Morgan fingerprint density at radius 2 is 1.52 bits per heavy atom. The van der Waals surface area contributed by atoms with Gasteiger partial charge in [-0.2, -0.15) is 0 Å². The van der Waals surface area contributed by atoms with Gasteiger partial charge in [0.15, 0.2) is 0 Å². The Bertz CT molecular complexity index is 678. The van der Waals surface area contributed by atoms with Gasteiger partial charge in [0.2, 0.25) is 5.91 Å². The van der Waals surface area contributed by atoms with Crippen LogP contribution in [0.1, 0.15) is 24.5 Å². The van der Waals surface area contributed by atoms with Gasteiger partial charge in [0.1, 0.15) is 0 Å². The van der Waals surface area contributed by atoms with Crippen LogP contribution >= 0.6 is 0 Å². The number of rotatable bonds is 5. The Morgan fingerprint density at radius 1 is 0.960 bits per heavy atom. The lowest BCUT2D eigenvalue weighted by molar-refractivity contribution is -0.138. The van der Waals surface area contributed by atoms with Crippen LogP contribution < -0.4 is 0 Å². The van der Waals surface area contributed by atoms with E-state index in [2.05, 4.69) is 29.2 Å². The lowest BCUT2D eigenvalue weighted by Gasteiger charge is -2.36. The first-order valence-corrected chi connectivity index (χ1v) is 8.86. The number of hydrogen-bond acceptors (Lipinski definition) is 3. The monoisotopic (exact) mass is 338 g/mol. The summed E-state index contributed by atoms with van der Waals surface area (Å²) in [6.45, 7) is 5.81. The van der Waals surface area contributed by atoms with Crippen molar-refractivity contribution in [2.45, 2.75) is 25.5 Å². The van der Waals surface area contributed by atoms with E-state index in [9.17, 15) is 9.90 Å². The third kappa shape index (κ3) is 4.68. The largest absolute Gasteiger partial charge is 0.385 e. The Kier molecular flexibility index (Phi) is 5.51. The topological polar surface area (TPSA) is 43.8 Å². The quantitative estimate of drug-likeness (QED) is 0.911. The summed E-state index contributed by atoms with van der Waals surface area (Å²) in [6, 6.07) is 19.8. The summed E-state index contributed by atoms with van der Waals surface area (Å²) in [5, 5.41) is 10.7. The molecule has 0 bridgehead atoms. The maximum absolute atomic E-state index is 12.6. The number of carbonyl (C=O) groups excluding carboxylic acids is 1. The first kappa shape index (κ1) is 17.6. The first-order valence-electron chi connectivity index (χ1n) is 8.86. The minimum absolute atomic E-state index is 0.0215. The molecule has 1 unspecified atom stereocenters. The molecule has 3 rings (SSSR count). The fraction of sp³-hybridized carbons (Fsp3) is 0.381. The SMILES string of the molecule is CC(O)(CC(=O)N1CCN(Cc2ccccc2)CC1)c1ccccc1. The lowest BCUT2D eigenvalue weighted by atomic mass is 9.92. The lowest BCUT2D eigenvalue weighted by Crippen LogP contribution is -2.49. The predicted octanol–water partition coefficient (Wildman–Crippen LogP) is 2.63. The average molecular weight is 338 g/mol. The van der Waals surface area contributed by atoms with Crippen molar-refractivity contribution in [3.8, 4) is 0 Å². The molecule has 4 heteroatoms. The summed E-state index contributed by atoms with van der Waals surface area (Å²) >= 11 is 0. The molecule has 2 aromatic carbocycles. The second-order valence-corrected chi connectivity index (χ2v) is 6.96. The predicted molar refractivity (Wildman–Crippen MR) is 98.9 cm³/mol. The molecule has 25 heavy (non-hydrogen) atoms. The van der Waals surface area contributed by atoms with Gasteiger partial charge in [-0.05, 0) is 18.1 Å². The molecule has 0 saturated carbocycles. The summed E-state index contributed by atoms with van der Waals surface area (Å²) in [6.07, 6.45) is 0.121. The van der Waals surface area contributed by atoms with Gasteiger partial charge in [-0.1, -0.05) is 60.7 Å². The molecule has 0 spiro atoms. The van der Waals surface area contributed by atoms with E-state index in [4.69, 9.17) is 0 Å². The zero-order chi connectivity index (χ0) is 17.7. The highest BCUT2D eigenvalue weighted by molar-refractivity contribution is 5.77. The molecule has 1 saturated heterocycles. The van der Waals surface area contributed by atoms with Crippen molar-refractivity contribution in [1.82, 2.24) is 9.80 Å². The third-order valence-corrected chi connectivity index (χ3v) is 4.87. The Hall–Kier alpha value is -2.17. The van der Waals surface area contributed by atoms with Gasteiger partial charge < -0.3 is 10.0 Å². The summed E-state index contributed by atoms with van der Waals surface area (Å²) in [5.74, 6) is 0.0215. The standard InChI is InChI=1S/C21H26N2O2/c1-21(25,19-10-6-3-7-11-19)16-20(24)23-14-12-22(13-15-23)17-18-8-4-2-5-9-18/h2-11,25H,12-17H2,1H3. The van der Waals surface area contributed by atoms with Crippen LogP contribution in [-0.4, -0.2) is 47.0 Å². The summed E-state index contributed by atoms with van der Waals surface area (Å²) in [4.78, 5) is 16.8. The van der Waals surface area contributed by atoms with Crippen LogP contribution in [0.3, 0.4) is 0 Å². The van der Waals surface area contributed by atoms with Gasteiger partial charge in [-0.3, -0.25) is 9.69 Å². The van der Waals surface area contributed by atoms with Crippen LogP contribution in [0.25, 0.3) is 0 Å². The van der Waals surface area contributed by atoms with E-state index in [1.165, 1.54) is 5.56 Å². The molecule has 1 amide bonds. The minimum Gasteiger partial charge on any atom is -0.385 e. The average Bonchev–Trinajstić information content (AvgIpc) is 2.63. The fourth-order valence-corrected chi connectivity index (χ4v) is 3.30. The zero-order valence-corrected chi connectivity index (χ0v) is 14.8. The molecule has 132 valence electrons. The van der Waals surface area contributed by atoms with E-state index < -0.39 is 5.60 Å². The molecule has 4 nitrogen and oxygen atoms in total. The molecule has 1 atom stereocenters. The molecule has 1 N–H and O–H groups in total. The fourth-order valence-electron chi connectivity index (χ4n) is 3.30. The molecule has 1 aliphatic rings. The summed E-state index contributed by atoms with van der Waals surface area (Å²) < 4.78 is 0. The number of amides is 1. The molecule has 1 fully saturated rings. The number of aliphatic hydroxyl groups is 1. The van der Waals surface area contributed by atoms with Gasteiger partial charge >= 0.3 is 0 Å². The van der Waals surface area contributed by atoms with Gasteiger partial charge in [0.25, 0.3) is 0 Å².